The van der Waals surface area contributed by atoms with E-state index in [1.165, 1.54) is 11.1 Å². The van der Waals surface area contributed by atoms with Crippen LogP contribution in [0.3, 0.4) is 0 Å². The number of hydrogen-bond donors (Lipinski definition) is 2. The normalized spacial score (nSPS) is 13.9. The highest BCUT2D eigenvalue weighted by Crippen LogP contribution is 2.14. The molecule has 2 aromatic carbocycles. The van der Waals surface area contributed by atoms with Crippen molar-refractivity contribution in [3.8, 4) is 0 Å². The van der Waals surface area contributed by atoms with Gasteiger partial charge in [-0.3, -0.25) is 0 Å². The van der Waals surface area contributed by atoms with E-state index in [0.717, 1.165) is 18.4 Å². The van der Waals surface area contributed by atoms with Gasteiger partial charge in [0.1, 0.15) is 0 Å². The summed E-state index contributed by atoms with van der Waals surface area (Å²) in [7, 11) is 0. The summed E-state index contributed by atoms with van der Waals surface area (Å²) in [5.41, 5.74) is 3.83. The van der Waals surface area contributed by atoms with Crippen molar-refractivity contribution in [1.82, 2.24) is 5.32 Å². The summed E-state index contributed by atoms with van der Waals surface area (Å²) in [6, 6.07) is 19.2. The summed E-state index contributed by atoms with van der Waals surface area (Å²) in [6.45, 7) is 4.43. The van der Waals surface area contributed by atoms with Crippen LogP contribution in [0.4, 0.5) is 0 Å². The molecule has 0 saturated carbocycles. The summed E-state index contributed by atoms with van der Waals surface area (Å²) in [5, 5.41) is 13.1. The third-order valence-corrected chi connectivity index (χ3v) is 3.82. The molecule has 1 unspecified atom stereocenters. The van der Waals surface area contributed by atoms with Gasteiger partial charge < -0.3 is 10.4 Å². The van der Waals surface area contributed by atoms with Gasteiger partial charge in [-0.2, -0.15) is 0 Å². The van der Waals surface area contributed by atoms with E-state index in [9.17, 15) is 5.11 Å². The number of rotatable bonds is 7. The first-order valence-electron chi connectivity index (χ1n) is 7.66. The van der Waals surface area contributed by atoms with Gasteiger partial charge in [-0.25, -0.2) is 0 Å². The van der Waals surface area contributed by atoms with Crippen LogP contribution in [0.5, 0.6) is 0 Å². The first-order chi connectivity index (χ1) is 10.2. The van der Waals surface area contributed by atoms with Gasteiger partial charge in [-0.15, -0.1) is 0 Å². The van der Waals surface area contributed by atoms with Crippen LogP contribution in [0, 0.1) is 6.92 Å². The van der Waals surface area contributed by atoms with Crippen molar-refractivity contribution >= 4 is 0 Å². The van der Waals surface area contributed by atoms with E-state index in [0.29, 0.717) is 6.04 Å². The van der Waals surface area contributed by atoms with Gasteiger partial charge in [0.25, 0.3) is 0 Å². The number of aliphatic hydroxyl groups is 1. The molecule has 0 bridgehead atoms. The van der Waals surface area contributed by atoms with E-state index in [1.807, 2.05) is 18.2 Å². The Morgan fingerprint density at radius 1 is 1.05 bits per heavy atom. The number of benzene rings is 2. The van der Waals surface area contributed by atoms with Crippen molar-refractivity contribution < 1.29 is 5.11 Å². The number of aryl methyl sites for hydroxylation is 2. The Morgan fingerprint density at radius 3 is 2.48 bits per heavy atom. The molecular weight excluding hydrogens is 258 g/mol. The topological polar surface area (TPSA) is 32.3 Å². The molecule has 2 heteroatoms. The van der Waals surface area contributed by atoms with Crippen LogP contribution in [-0.4, -0.2) is 17.8 Å². The second kappa shape index (κ2) is 7.96. The molecule has 2 nitrogen and oxygen atoms in total. The minimum Gasteiger partial charge on any atom is -0.394 e. The van der Waals surface area contributed by atoms with Crippen LogP contribution in [0.2, 0.25) is 0 Å². The smallest absolute Gasteiger partial charge is 0.0626 e. The molecule has 0 aliphatic heterocycles. The van der Waals surface area contributed by atoms with E-state index in [-0.39, 0.29) is 12.6 Å². The van der Waals surface area contributed by atoms with Crippen molar-refractivity contribution in [3.05, 3.63) is 71.3 Å². The zero-order chi connectivity index (χ0) is 15.1. The fraction of sp³-hybridized carbons (Fsp3) is 0.368. The van der Waals surface area contributed by atoms with Crippen molar-refractivity contribution in [1.29, 1.82) is 0 Å². The highest BCUT2D eigenvalue weighted by atomic mass is 16.3. The highest BCUT2D eigenvalue weighted by molar-refractivity contribution is 5.22. The molecule has 0 spiro atoms. The standard InChI is InChI=1S/C19H25NO/c1-15-7-6-8-17(13-15)12-11-16(2)20-19(14-21)18-9-4-3-5-10-18/h3-10,13,16,19-21H,11-12,14H2,1-2H3/t16?,19-/m0/s1. The van der Waals surface area contributed by atoms with E-state index in [1.54, 1.807) is 0 Å². The van der Waals surface area contributed by atoms with E-state index in [2.05, 4.69) is 55.6 Å². The Labute approximate surface area is 127 Å². The highest BCUT2D eigenvalue weighted by Gasteiger charge is 2.13. The lowest BCUT2D eigenvalue weighted by atomic mass is 10.0. The molecule has 2 atom stereocenters. The molecular formula is C19H25NO. The fourth-order valence-corrected chi connectivity index (χ4v) is 2.62. The molecule has 0 saturated heterocycles. The Kier molecular flexibility index (Phi) is 5.97. The molecule has 0 aromatic heterocycles. The summed E-state index contributed by atoms with van der Waals surface area (Å²) >= 11 is 0. The van der Waals surface area contributed by atoms with E-state index >= 15 is 0 Å². The van der Waals surface area contributed by atoms with Crippen LogP contribution in [0.25, 0.3) is 0 Å². The predicted octanol–water partition coefficient (Wildman–Crippen LogP) is 3.64. The molecule has 21 heavy (non-hydrogen) atoms. The van der Waals surface area contributed by atoms with Gasteiger partial charge in [0.2, 0.25) is 0 Å². The molecule has 0 aliphatic carbocycles. The van der Waals surface area contributed by atoms with Crippen LogP contribution >= 0.6 is 0 Å². The summed E-state index contributed by atoms with van der Waals surface area (Å²) in [4.78, 5) is 0. The van der Waals surface area contributed by atoms with Gasteiger partial charge in [-0.05, 0) is 37.8 Å². The Morgan fingerprint density at radius 2 is 1.81 bits per heavy atom. The average Bonchev–Trinajstić information content (AvgIpc) is 2.51. The third kappa shape index (κ3) is 5.00. The van der Waals surface area contributed by atoms with Gasteiger partial charge in [0, 0.05) is 6.04 Å². The molecule has 0 heterocycles. The second-order valence-corrected chi connectivity index (χ2v) is 5.74. The van der Waals surface area contributed by atoms with Crippen molar-refractivity contribution in [2.24, 2.45) is 0 Å². The average molecular weight is 283 g/mol. The third-order valence-electron chi connectivity index (χ3n) is 3.82. The van der Waals surface area contributed by atoms with Gasteiger partial charge in [-0.1, -0.05) is 60.2 Å². The van der Waals surface area contributed by atoms with Gasteiger partial charge in [0.05, 0.1) is 12.6 Å². The maximum absolute atomic E-state index is 9.59. The van der Waals surface area contributed by atoms with Crippen molar-refractivity contribution in [3.63, 3.8) is 0 Å². The first-order valence-corrected chi connectivity index (χ1v) is 7.66. The van der Waals surface area contributed by atoms with Crippen LogP contribution in [0.1, 0.15) is 36.1 Å². The minimum atomic E-state index is 0.0127. The molecule has 2 rings (SSSR count). The molecule has 2 N–H and O–H groups in total. The second-order valence-electron chi connectivity index (χ2n) is 5.74. The Hall–Kier alpha value is -1.64. The number of aliphatic hydroxyl groups excluding tert-OH is 1. The molecule has 0 fully saturated rings. The van der Waals surface area contributed by atoms with Crippen LogP contribution in [-0.2, 0) is 6.42 Å². The zero-order valence-electron chi connectivity index (χ0n) is 12.9. The lowest BCUT2D eigenvalue weighted by Crippen LogP contribution is -2.33. The first kappa shape index (κ1) is 15.7. The Balaban J connectivity index is 1.87. The number of nitrogens with one attached hydrogen (secondary N) is 1. The molecule has 0 amide bonds. The van der Waals surface area contributed by atoms with E-state index in [4.69, 9.17) is 0 Å². The SMILES string of the molecule is Cc1cccc(CCC(C)N[C@@H](CO)c2ccccc2)c1. The van der Waals surface area contributed by atoms with E-state index < -0.39 is 0 Å². The van der Waals surface area contributed by atoms with Crippen molar-refractivity contribution in [2.45, 2.75) is 38.8 Å². The monoisotopic (exact) mass is 283 g/mol. The van der Waals surface area contributed by atoms with Crippen LogP contribution in [0.15, 0.2) is 54.6 Å². The lowest BCUT2D eigenvalue weighted by molar-refractivity contribution is 0.233. The predicted molar refractivity (Wildman–Crippen MR) is 88.4 cm³/mol. The lowest BCUT2D eigenvalue weighted by Gasteiger charge is -2.22. The summed E-state index contributed by atoms with van der Waals surface area (Å²) in [5.74, 6) is 0. The van der Waals surface area contributed by atoms with Crippen molar-refractivity contribution in [2.75, 3.05) is 6.61 Å². The largest absolute Gasteiger partial charge is 0.394 e. The number of hydrogen-bond acceptors (Lipinski definition) is 2. The Bertz CT molecular complexity index is 538. The van der Waals surface area contributed by atoms with Crippen LogP contribution < -0.4 is 5.32 Å². The molecule has 2 aromatic rings. The minimum absolute atomic E-state index is 0.0127. The maximum Gasteiger partial charge on any atom is 0.0626 e. The summed E-state index contributed by atoms with van der Waals surface area (Å²) in [6.07, 6.45) is 2.12. The van der Waals surface area contributed by atoms with Gasteiger partial charge >= 0.3 is 0 Å². The maximum atomic E-state index is 9.59. The fourth-order valence-electron chi connectivity index (χ4n) is 2.62. The zero-order valence-corrected chi connectivity index (χ0v) is 12.9. The quantitative estimate of drug-likeness (QED) is 0.813. The van der Waals surface area contributed by atoms with Gasteiger partial charge in [0.15, 0.2) is 0 Å². The molecule has 112 valence electrons. The summed E-state index contributed by atoms with van der Waals surface area (Å²) < 4.78 is 0. The molecule has 0 aliphatic rings. The molecule has 0 radical (unpaired) electrons.